The Balaban J connectivity index is 1.91. The maximum Gasteiger partial charge on any atom is 0.226 e. The Bertz CT molecular complexity index is 658. The van der Waals surface area contributed by atoms with Crippen molar-refractivity contribution >= 4 is 21.6 Å². The third-order valence-electron chi connectivity index (χ3n) is 2.99. The van der Waals surface area contributed by atoms with Gasteiger partial charge in [0.05, 0.1) is 7.11 Å². The third kappa shape index (κ3) is 2.09. The number of para-hydroxylation sites is 1. The van der Waals surface area contributed by atoms with Gasteiger partial charge in [-0.3, -0.25) is 0 Å². The molecule has 0 saturated heterocycles. The average molecular weight is 256 g/mol. The lowest BCUT2D eigenvalue weighted by molar-refractivity contribution is -0.658. The predicted molar refractivity (Wildman–Crippen MR) is 74.1 cm³/mol. The number of benzene rings is 2. The number of methoxy groups -OCH3 is 1. The zero-order chi connectivity index (χ0) is 12.4. The molecule has 1 aromatic heterocycles. The van der Waals surface area contributed by atoms with E-state index in [0.717, 1.165) is 12.3 Å². The average Bonchev–Trinajstić information content (AvgIpc) is 2.83. The van der Waals surface area contributed by atoms with Crippen molar-refractivity contribution in [1.82, 2.24) is 0 Å². The second-order valence-electron chi connectivity index (χ2n) is 4.17. The summed E-state index contributed by atoms with van der Waals surface area (Å²) < 4.78 is 8.77. The maximum atomic E-state index is 5.17. The van der Waals surface area contributed by atoms with E-state index in [2.05, 4.69) is 46.5 Å². The quantitative estimate of drug-likeness (QED) is 0.656. The largest absolute Gasteiger partial charge is 0.497 e. The highest BCUT2D eigenvalue weighted by Crippen LogP contribution is 2.16. The number of rotatable bonds is 3. The van der Waals surface area contributed by atoms with Crippen LogP contribution >= 0.6 is 11.3 Å². The Labute approximate surface area is 110 Å². The van der Waals surface area contributed by atoms with Crippen LogP contribution in [0.3, 0.4) is 0 Å². The molecule has 0 radical (unpaired) electrons. The molecule has 0 spiro atoms. The molecule has 0 saturated carbocycles. The second kappa shape index (κ2) is 4.78. The van der Waals surface area contributed by atoms with Crippen LogP contribution in [0.2, 0.25) is 0 Å². The van der Waals surface area contributed by atoms with E-state index in [9.17, 15) is 0 Å². The molecule has 0 aliphatic rings. The summed E-state index contributed by atoms with van der Waals surface area (Å²) in [4.78, 5) is 0. The van der Waals surface area contributed by atoms with E-state index in [4.69, 9.17) is 4.74 Å². The highest BCUT2D eigenvalue weighted by atomic mass is 32.1. The molecule has 3 rings (SSSR count). The fourth-order valence-corrected chi connectivity index (χ4v) is 2.91. The topological polar surface area (TPSA) is 13.1 Å². The van der Waals surface area contributed by atoms with Crippen molar-refractivity contribution in [2.24, 2.45) is 0 Å². The van der Waals surface area contributed by atoms with E-state index in [-0.39, 0.29) is 0 Å². The van der Waals surface area contributed by atoms with Crippen molar-refractivity contribution in [3.05, 3.63) is 59.6 Å². The van der Waals surface area contributed by atoms with Gasteiger partial charge in [-0.25, -0.2) is 0 Å². The molecule has 0 amide bonds. The first-order valence-corrected chi connectivity index (χ1v) is 6.73. The summed E-state index contributed by atoms with van der Waals surface area (Å²) in [6.07, 6.45) is 0. The summed E-state index contributed by atoms with van der Waals surface area (Å²) in [5, 5.41) is 0. The Morgan fingerprint density at radius 2 is 1.83 bits per heavy atom. The SMILES string of the molecule is COc1ccc(C[n+]2csc3ccccc32)cc1. The number of thiazole rings is 1. The Kier molecular flexibility index (Phi) is 2.99. The van der Waals surface area contributed by atoms with Crippen LogP contribution in [-0.2, 0) is 6.54 Å². The van der Waals surface area contributed by atoms with Gasteiger partial charge in [-0.05, 0) is 30.3 Å². The predicted octanol–water partition coefficient (Wildman–Crippen LogP) is 3.25. The minimum absolute atomic E-state index is 0.897. The van der Waals surface area contributed by atoms with Gasteiger partial charge in [-0.15, -0.1) is 0 Å². The van der Waals surface area contributed by atoms with E-state index in [1.807, 2.05) is 12.1 Å². The summed E-state index contributed by atoms with van der Waals surface area (Å²) >= 11 is 1.78. The number of hydrogen-bond donors (Lipinski definition) is 0. The first-order valence-electron chi connectivity index (χ1n) is 5.85. The molecule has 0 unspecified atom stereocenters. The summed E-state index contributed by atoms with van der Waals surface area (Å²) in [5.41, 5.74) is 4.75. The lowest BCUT2D eigenvalue weighted by atomic mass is 10.2. The minimum atomic E-state index is 0.897. The number of hydrogen-bond acceptors (Lipinski definition) is 2. The molecule has 0 atom stereocenters. The Morgan fingerprint density at radius 1 is 1.06 bits per heavy atom. The van der Waals surface area contributed by atoms with Crippen LogP contribution < -0.4 is 9.30 Å². The van der Waals surface area contributed by atoms with Crippen LogP contribution in [0.15, 0.2) is 54.0 Å². The van der Waals surface area contributed by atoms with Gasteiger partial charge in [0.1, 0.15) is 10.4 Å². The van der Waals surface area contributed by atoms with Crippen LogP contribution in [-0.4, -0.2) is 7.11 Å². The van der Waals surface area contributed by atoms with Crippen LogP contribution in [0.25, 0.3) is 10.2 Å². The molecule has 0 bridgehead atoms. The lowest BCUT2D eigenvalue weighted by Crippen LogP contribution is -2.31. The third-order valence-corrected chi connectivity index (χ3v) is 3.95. The summed E-state index contributed by atoms with van der Waals surface area (Å²) in [7, 11) is 1.69. The summed E-state index contributed by atoms with van der Waals surface area (Å²) in [6, 6.07) is 16.7. The minimum Gasteiger partial charge on any atom is -0.497 e. The molecule has 0 fully saturated rings. The summed E-state index contributed by atoms with van der Waals surface area (Å²) in [6.45, 7) is 0.897. The van der Waals surface area contributed by atoms with Crippen LogP contribution in [0.4, 0.5) is 0 Å². The Morgan fingerprint density at radius 3 is 2.61 bits per heavy atom. The normalized spacial score (nSPS) is 10.7. The van der Waals surface area contributed by atoms with Gasteiger partial charge in [0.15, 0.2) is 6.54 Å². The van der Waals surface area contributed by atoms with E-state index in [0.29, 0.717) is 0 Å². The first-order chi connectivity index (χ1) is 8.86. The molecule has 90 valence electrons. The van der Waals surface area contributed by atoms with Gasteiger partial charge < -0.3 is 4.74 Å². The molecular weight excluding hydrogens is 242 g/mol. The molecule has 0 aliphatic carbocycles. The van der Waals surface area contributed by atoms with Gasteiger partial charge >= 0.3 is 0 Å². The molecule has 0 aliphatic heterocycles. The van der Waals surface area contributed by atoms with E-state index in [1.165, 1.54) is 15.8 Å². The molecule has 3 heteroatoms. The number of ether oxygens (including phenoxy) is 1. The number of nitrogens with zero attached hydrogens (tertiary/aromatic N) is 1. The zero-order valence-corrected chi connectivity index (χ0v) is 11.0. The van der Waals surface area contributed by atoms with Crippen LogP contribution in [0, 0.1) is 0 Å². The fraction of sp³-hybridized carbons (Fsp3) is 0.133. The van der Waals surface area contributed by atoms with Crippen molar-refractivity contribution in [1.29, 1.82) is 0 Å². The summed E-state index contributed by atoms with van der Waals surface area (Å²) in [5.74, 6) is 0.902. The Hall–Kier alpha value is -1.87. The monoisotopic (exact) mass is 256 g/mol. The molecular formula is C15H14NOS+. The molecule has 3 aromatic rings. The fourth-order valence-electron chi connectivity index (χ4n) is 2.02. The molecule has 2 aromatic carbocycles. The standard InChI is InChI=1S/C15H14NOS/c1-17-13-8-6-12(7-9-13)10-16-11-18-15-5-3-2-4-14(15)16/h2-9,11H,10H2,1H3/q+1. The van der Waals surface area contributed by atoms with Gasteiger partial charge in [-0.2, -0.15) is 4.57 Å². The first kappa shape index (κ1) is 11.2. The molecule has 0 N–H and O–H groups in total. The van der Waals surface area contributed by atoms with Gasteiger partial charge in [-0.1, -0.05) is 23.5 Å². The highest BCUT2D eigenvalue weighted by molar-refractivity contribution is 7.16. The van der Waals surface area contributed by atoms with Gasteiger partial charge in [0.25, 0.3) is 0 Å². The van der Waals surface area contributed by atoms with Gasteiger partial charge in [0.2, 0.25) is 11.0 Å². The lowest BCUT2D eigenvalue weighted by Gasteiger charge is -2.00. The van der Waals surface area contributed by atoms with E-state index >= 15 is 0 Å². The maximum absolute atomic E-state index is 5.17. The highest BCUT2D eigenvalue weighted by Gasteiger charge is 2.11. The van der Waals surface area contributed by atoms with Crippen molar-refractivity contribution in [3.63, 3.8) is 0 Å². The van der Waals surface area contributed by atoms with Crippen molar-refractivity contribution in [2.45, 2.75) is 6.54 Å². The smallest absolute Gasteiger partial charge is 0.226 e. The van der Waals surface area contributed by atoms with Crippen LogP contribution in [0.5, 0.6) is 5.75 Å². The van der Waals surface area contributed by atoms with Crippen molar-refractivity contribution in [2.75, 3.05) is 7.11 Å². The number of fused-ring (bicyclic) bond motifs is 1. The molecule has 1 heterocycles. The van der Waals surface area contributed by atoms with E-state index in [1.54, 1.807) is 18.4 Å². The number of aromatic nitrogens is 1. The van der Waals surface area contributed by atoms with Crippen molar-refractivity contribution in [3.8, 4) is 5.75 Å². The molecule has 18 heavy (non-hydrogen) atoms. The zero-order valence-electron chi connectivity index (χ0n) is 10.2. The van der Waals surface area contributed by atoms with Crippen molar-refractivity contribution < 1.29 is 9.30 Å². The molecule has 2 nitrogen and oxygen atoms in total. The van der Waals surface area contributed by atoms with Crippen LogP contribution in [0.1, 0.15) is 5.56 Å². The second-order valence-corrected chi connectivity index (χ2v) is 5.05. The van der Waals surface area contributed by atoms with Gasteiger partial charge in [0, 0.05) is 11.6 Å². The van der Waals surface area contributed by atoms with E-state index < -0.39 is 0 Å².